The molecule has 0 aliphatic rings. The Hall–Kier alpha value is -2.83. The molecule has 1 aromatic heterocycles. The van der Waals surface area contributed by atoms with Crippen molar-refractivity contribution in [2.45, 2.75) is 12.7 Å². The number of carboxylic acids is 1. The summed E-state index contributed by atoms with van der Waals surface area (Å²) >= 11 is 0. The zero-order valence-electron chi connectivity index (χ0n) is 12.1. The van der Waals surface area contributed by atoms with Crippen LogP contribution in [0, 0.1) is 5.82 Å². The molecule has 0 saturated heterocycles. The molecule has 3 nitrogen and oxygen atoms in total. The van der Waals surface area contributed by atoms with Gasteiger partial charge in [0.1, 0.15) is 5.82 Å². The van der Waals surface area contributed by atoms with Gasteiger partial charge in [0.2, 0.25) is 0 Å². The lowest BCUT2D eigenvalue weighted by Crippen LogP contribution is -2.06. The maximum absolute atomic E-state index is 13.8. The van der Waals surface area contributed by atoms with Crippen molar-refractivity contribution in [1.29, 1.82) is 0 Å². The Kier molecular flexibility index (Phi) is 3.79. The number of aromatic nitrogens is 1. The quantitative estimate of drug-likeness (QED) is 0.713. The van der Waals surface area contributed by atoms with Crippen LogP contribution in [0.2, 0.25) is 0 Å². The van der Waals surface area contributed by atoms with Gasteiger partial charge in [0.05, 0.1) is 16.6 Å². The highest BCUT2D eigenvalue weighted by molar-refractivity contribution is 6.02. The number of alkyl halides is 3. The van der Waals surface area contributed by atoms with Crippen molar-refractivity contribution < 1.29 is 27.5 Å². The first-order valence-corrected chi connectivity index (χ1v) is 6.94. The van der Waals surface area contributed by atoms with Crippen LogP contribution < -0.4 is 0 Å². The van der Waals surface area contributed by atoms with Crippen LogP contribution in [0.15, 0.2) is 48.7 Å². The fourth-order valence-corrected chi connectivity index (χ4v) is 2.59. The van der Waals surface area contributed by atoms with E-state index in [4.69, 9.17) is 0 Å². The Morgan fingerprint density at radius 1 is 1.04 bits per heavy atom. The predicted molar refractivity (Wildman–Crippen MR) is 79.4 cm³/mol. The number of hydrogen-bond acceptors (Lipinski definition) is 1. The first kappa shape index (κ1) is 16.0. The average Bonchev–Trinajstić information content (AvgIpc) is 2.92. The molecule has 7 heteroatoms. The van der Waals surface area contributed by atoms with Crippen molar-refractivity contribution in [3.63, 3.8) is 0 Å². The largest absolute Gasteiger partial charge is 0.478 e. The molecule has 124 valence electrons. The van der Waals surface area contributed by atoms with Crippen LogP contribution in [0.4, 0.5) is 17.6 Å². The van der Waals surface area contributed by atoms with E-state index in [1.54, 1.807) is 0 Å². The molecule has 0 fully saturated rings. The van der Waals surface area contributed by atoms with Gasteiger partial charge in [-0.3, -0.25) is 0 Å². The van der Waals surface area contributed by atoms with E-state index >= 15 is 0 Å². The summed E-state index contributed by atoms with van der Waals surface area (Å²) in [6.07, 6.45) is -2.91. The van der Waals surface area contributed by atoms with Crippen molar-refractivity contribution in [3.05, 3.63) is 71.2 Å². The van der Waals surface area contributed by atoms with Crippen molar-refractivity contribution in [1.82, 2.24) is 4.57 Å². The SMILES string of the molecule is O=C(O)c1ccc(F)c2ccn(Cc3ccc(C(F)(F)F)cc3)c12. The minimum absolute atomic E-state index is 0.0664. The molecule has 0 aliphatic heterocycles. The average molecular weight is 337 g/mol. The van der Waals surface area contributed by atoms with Crippen LogP contribution >= 0.6 is 0 Å². The Morgan fingerprint density at radius 3 is 2.29 bits per heavy atom. The molecule has 0 amide bonds. The molecule has 1 heterocycles. The summed E-state index contributed by atoms with van der Waals surface area (Å²) in [5, 5.41) is 9.40. The van der Waals surface area contributed by atoms with Crippen LogP contribution in [-0.2, 0) is 12.7 Å². The maximum atomic E-state index is 13.8. The van der Waals surface area contributed by atoms with Crippen LogP contribution in [0.25, 0.3) is 10.9 Å². The molecule has 0 bridgehead atoms. The Bertz CT molecular complexity index is 911. The maximum Gasteiger partial charge on any atom is 0.416 e. The smallest absolute Gasteiger partial charge is 0.416 e. The number of benzene rings is 2. The zero-order chi connectivity index (χ0) is 17.5. The van der Waals surface area contributed by atoms with Crippen LogP contribution in [0.3, 0.4) is 0 Å². The Labute approximate surface area is 133 Å². The van der Waals surface area contributed by atoms with E-state index in [1.165, 1.54) is 35.0 Å². The predicted octanol–water partition coefficient (Wildman–Crippen LogP) is 4.55. The van der Waals surface area contributed by atoms with Crippen molar-refractivity contribution >= 4 is 16.9 Å². The fourth-order valence-electron chi connectivity index (χ4n) is 2.59. The summed E-state index contributed by atoms with van der Waals surface area (Å²) in [6, 6.07) is 8.24. The van der Waals surface area contributed by atoms with Crippen molar-refractivity contribution in [3.8, 4) is 0 Å². The highest BCUT2D eigenvalue weighted by Crippen LogP contribution is 2.30. The highest BCUT2D eigenvalue weighted by atomic mass is 19.4. The highest BCUT2D eigenvalue weighted by Gasteiger charge is 2.29. The van der Waals surface area contributed by atoms with Crippen LogP contribution in [0.1, 0.15) is 21.5 Å². The van der Waals surface area contributed by atoms with Gasteiger partial charge >= 0.3 is 12.1 Å². The molecule has 0 aliphatic carbocycles. The zero-order valence-corrected chi connectivity index (χ0v) is 12.1. The summed E-state index contributed by atoms with van der Waals surface area (Å²) in [6.45, 7) is 0.130. The van der Waals surface area contributed by atoms with Gasteiger partial charge in [0.15, 0.2) is 0 Å². The normalized spacial score (nSPS) is 11.8. The second-order valence-electron chi connectivity index (χ2n) is 5.30. The summed E-state index contributed by atoms with van der Waals surface area (Å²) in [4.78, 5) is 11.3. The number of rotatable bonds is 3. The summed E-state index contributed by atoms with van der Waals surface area (Å²) < 4.78 is 53.1. The number of nitrogens with zero attached hydrogens (tertiary/aromatic N) is 1. The molecular weight excluding hydrogens is 326 g/mol. The third-order valence-electron chi connectivity index (χ3n) is 3.74. The van der Waals surface area contributed by atoms with Gasteiger partial charge in [-0.15, -0.1) is 0 Å². The number of aromatic carboxylic acids is 1. The van der Waals surface area contributed by atoms with Crippen LogP contribution in [-0.4, -0.2) is 15.6 Å². The van der Waals surface area contributed by atoms with Gasteiger partial charge in [-0.05, 0) is 35.9 Å². The minimum Gasteiger partial charge on any atom is -0.478 e. The lowest BCUT2D eigenvalue weighted by Gasteiger charge is -2.10. The third kappa shape index (κ3) is 2.84. The summed E-state index contributed by atoms with van der Waals surface area (Å²) in [5.74, 6) is -1.76. The van der Waals surface area contributed by atoms with E-state index in [2.05, 4.69) is 0 Å². The molecule has 1 N–H and O–H groups in total. The molecule has 24 heavy (non-hydrogen) atoms. The monoisotopic (exact) mass is 337 g/mol. The summed E-state index contributed by atoms with van der Waals surface area (Å²) in [5.41, 5.74) is -0.0901. The van der Waals surface area contributed by atoms with Gasteiger partial charge < -0.3 is 9.67 Å². The minimum atomic E-state index is -4.42. The third-order valence-corrected chi connectivity index (χ3v) is 3.74. The van der Waals surface area contributed by atoms with E-state index in [9.17, 15) is 27.5 Å². The lowest BCUT2D eigenvalue weighted by molar-refractivity contribution is -0.137. The van der Waals surface area contributed by atoms with Crippen molar-refractivity contribution in [2.75, 3.05) is 0 Å². The van der Waals surface area contributed by atoms with Gasteiger partial charge in [-0.2, -0.15) is 13.2 Å². The Balaban J connectivity index is 2.02. The number of fused-ring (bicyclic) bond motifs is 1. The van der Waals surface area contributed by atoms with Gasteiger partial charge in [-0.25, -0.2) is 9.18 Å². The number of hydrogen-bond donors (Lipinski definition) is 1. The molecule has 0 radical (unpaired) electrons. The molecular formula is C17H11F4NO2. The van der Waals surface area contributed by atoms with Crippen LogP contribution in [0.5, 0.6) is 0 Å². The first-order chi connectivity index (χ1) is 11.3. The van der Waals surface area contributed by atoms with Gasteiger partial charge in [0, 0.05) is 18.1 Å². The Morgan fingerprint density at radius 2 is 1.71 bits per heavy atom. The first-order valence-electron chi connectivity index (χ1n) is 6.94. The fraction of sp³-hybridized carbons (Fsp3) is 0.118. The molecule has 3 rings (SSSR count). The van der Waals surface area contributed by atoms with E-state index in [0.717, 1.165) is 18.2 Å². The van der Waals surface area contributed by atoms with Gasteiger partial charge in [-0.1, -0.05) is 12.1 Å². The second kappa shape index (κ2) is 5.67. The van der Waals surface area contributed by atoms with E-state index in [1.807, 2.05) is 0 Å². The standard InChI is InChI=1S/C17H11F4NO2/c18-14-6-5-13(16(23)24)15-12(14)7-8-22(15)9-10-1-3-11(4-2-10)17(19,20)21/h1-8H,9H2,(H,23,24). The number of carbonyl (C=O) groups is 1. The lowest BCUT2D eigenvalue weighted by atomic mass is 10.1. The van der Waals surface area contributed by atoms with Crippen molar-refractivity contribution in [2.24, 2.45) is 0 Å². The number of halogens is 4. The topological polar surface area (TPSA) is 42.2 Å². The molecule has 2 aromatic carbocycles. The van der Waals surface area contributed by atoms with E-state index in [0.29, 0.717) is 5.56 Å². The molecule has 0 unspecified atom stereocenters. The van der Waals surface area contributed by atoms with Gasteiger partial charge in [0.25, 0.3) is 0 Å². The van der Waals surface area contributed by atoms with E-state index in [-0.39, 0.29) is 23.0 Å². The molecule has 0 atom stereocenters. The number of carboxylic acid groups (broad SMARTS) is 1. The molecule has 0 saturated carbocycles. The second-order valence-corrected chi connectivity index (χ2v) is 5.30. The van der Waals surface area contributed by atoms with E-state index < -0.39 is 23.5 Å². The molecule has 0 spiro atoms. The summed E-state index contributed by atoms with van der Waals surface area (Å²) in [7, 11) is 0. The molecule has 3 aromatic rings.